The number of ether oxygens (including phenoxy) is 4. The van der Waals surface area contributed by atoms with Gasteiger partial charge in [-0.2, -0.15) is 0 Å². The third-order valence-electron chi connectivity index (χ3n) is 7.82. The van der Waals surface area contributed by atoms with Crippen LogP contribution in [0.25, 0.3) is 0 Å². The highest BCUT2D eigenvalue weighted by Gasteiger charge is 2.40. The summed E-state index contributed by atoms with van der Waals surface area (Å²) in [6.07, 6.45) is 6.57. The van der Waals surface area contributed by atoms with Gasteiger partial charge in [0.25, 0.3) is 0 Å². The molecule has 2 saturated carbocycles. The van der Waals surface area contributed by atoms with E-state index < -0.39 is 5.60 Å². The van der Waals surface area contributed by atoms with Crippen LogP contribution >= 0.6 is 0 Å². The Morgan fingerprint density at radius 1 is 1.03 bits per heavy atom. The molecular formula is C29H37FO5. The molecule has 1 unspecified atom stereocenters. The lowest BCUT2D eigenvalue weighted by Gasteiger charge is -2.39. The van der Waals surface area contributed by atoms with Crippen molar-refractivity contribution in [3.05, 3.63) is 59.4 Å². The highest BCUT2D eigenvalue weighted by Crippen LogP contribution is 2.47. The second-order valence-electron chi connectivity index (χ2n) is 9.99. The summed E-state index contributed by atoms with van der Waals surface area (Å²) in [6.45, 7) is 1.04. The van der Waals surface area contributed by atoms with Gasteiger partial charge in [0.15, 0.2) is 0 Å². The van der Waals surface area contributed by atoms with Crippen molar-refractivity contribution in [3.8, 4) is 11.5 Å². The van der Waals surface area contributed by atoms with E-state index in [1.165, 1.54) is 6.07 Å². The van der Waals surface area contributed by atoms with E-state index in [0.717, 1.165) is 56.1 Å². The highest BCUT2D eigenvalue weighted by molar-refractivity contribution is 5.57. The largest absolute Gasteiger partial charge is 0.497 e. The first kappa shape index (κ1) is 25.6. The van der Waals surface area contributed by atoms with Gasteiger partial charge in [-0.05, 0) is 92.2 Å². The van der Waals surface area contributed by atoms with Crippen molar-refractivity contribution in [1.29, 1.82) is 0 Å². The average Bonchev–Trinajstić information content (AvgIpc) is 3.73. The standard InChI is InChI=1S/C29H37FO5/c1-32-19-23(17-31)28(21-7-8-21)22-5-4-6-25(15-22)35-18-20-11-13-29(34-3,14-12-20)26-16-24(33-2)9-10-27(26)30/h4-6,9-10,15-17,20-21,23,28H,7-8,11-14,18-19H2,1-3H3/t20-,23?,28-,29+/m0/s1. The Hall–Kier alpha value is -2.44. The number of rotatable bonds is 12. The number of benzene rings is 2. The third kappa shape index (κ3) is 5.87. The molecule has 2 aromatic rings. The Morgan fingerprint density at radius 3 is 2.43 bits per heavy atom. The first-order chi connectivity index (χ1) is 17.0. The summed E-state index contributed by atoms with van der Waals surface area (Å²) in [4.78, 5) is 11.7. The molecule has 35 heavy (non-hydrogen) atoms. The number of hydrogen-bond acceptors (Lipinski definition) is 5. The Bertz CT molecular complexity index is 981. The van der Waals surface area contributed by atoms with Gasteiger partial charge < -0.3 is 23.7 Å². The van der Waals surface area contributed by atoms with Gasteiger partial charge in [-0.3, -0.25) is 0 Å². The predicted molar refractivity (Wildman–Crippen MR) is 132 cm³/mol. The molecule has 0 radical (unpaired) electrons. The lowest BCUT2D eigenvalue weighted by molar-refractivity contribution is -0.113. The minimum Gasteiger partial charge on any atom is -0.497 e. The Morgan fingerprint density at radius 2 is 1.80 bits per heavy atom. The fourth-order valence-corrected chi connectivity index (χ4v) is 5.64. The summed E-state index contributed by atoms with van der Waals surface area (Å²) < 4.78 is 37.4. The number of methoxy groups -OCH3 is 3. The maximum Gasteiger partial charge on any atom is 0.129 e. The fraction of sp³-hybridized carbons (Fsp3) is 0.552. The second-order valence-corrected chi connectivity index (χ2v) is 9.99. The van der Waals surface area contributed by atoms with Gasteiger partial charge in [-0.1, -0.05) is 12.1 Å². The number of halogens is 1. The zero-order valence-electron chi connectivity index (χ0n) is 21.0. The summed E-state index contributed by atoms with van der Waals surface area (Å²) in [5.41, 5.74) is 1.07. The topological polar surface area (TPSA) is 54.0 Å². The molecule has 0 aliphatic heterocycles. The van der Waals surface area contributed by atoms with Crippen molar-refractivity contribution in [2.75, 3.05) is 34.5 Å². The Kier molecular flexibility index (Phi) is 8.45. The van der Waals surface area contributed by atoms with E-state index in [2.05, 4.69) is 12.1 Å². The summed E-state index contributed by atoms with van der Waals surface area (Å²) in [7, 11) is 4.89. The number of carbonyl (C=O) groups excluding carboxylic acids is 1. The smallest absolute Gasteiger partial charge is 0.129 e. The van der Waals surface area contributed by atoms with Gasteiger partial charge in [0.05, 0.1) is 25.9 Å². The van der Waals surface area contributed by atoms with Crippen LogP contribution in [0.5, 0.6) is 11.5 Å². The number of aldehydes is 1. The molecule has 2 aliphatic carbocycles. The van der Waals surface area contributed by atoms with Crippen molar-refractivity contribution < 1.29 is 28.1 Å². The molecule has 0 aromatic heterocycles. The minimum atomic E-state index is -0.641. The van der Waals surface area contributed by atoms with Crippen LogP contribution in [0, 0.1) is 23.6 Å². The highest BCUT2D eigenvalue weighted by atomic mass is 19.1. The Balaban J connectivity index is 1.39. The van der Waals surface area contributed by atoms with Crippen molar-refractivity contribution in [2.45, 2.75) is 50.0 Å². The molecule has 0 spiro atoms. The molecule has 0 amide bonds. The number of carbonyl (C=O) groups is 1. The van der Waals surface area contributed by atoms with E-state index in [9.17, 15) is 9.18 Å². The molecule has 2 atom stereocenters. The fourth-order valence-electron chi connectivity index (χ4n) is 5.64. The first-order valence-electron chi connectivity index (χ1n) is 12.6. The summed E-state index contributed by atoms with van der Waals surface area (Å²) in [6, 6.07) is 13.0. The first-order valence-corrected chi connectivity index (χ1v) is 12.6. The number of hydrogen-bond donors (Lipinski definition) is 0. The molecule has 2 aromatic carbocycles. The summed E-state index contributed by atoms with van der Waals surface area (Å²) >= 11 is 0. The van der Waals surface area contributed by atoms with E-state index in [1.54, 1.807) is 33.5 Å². The third-order valence-corrected chi connectivity index (χ3v) is 7.82. The maximum atomic E-state index is 14.7. The van der Waals surface area contributed by atoms with E-state index in [1.807, 2.05) is 12.1 Å². The van der Waals surface area contributed by atoms with Crippen molar-refractivity contribution in [3.63, 3.8) is 0 Å². The van der Waals surface area contributed by atoms with Crippen LogP contribution in [0.3, 0.4) is 0 Å². The van der Waals surface area contributed by atoms with Crippen LogP contribution in [0.2, 0.25) is 0 Å². The van der Waals surface area contributed by atoms with Crippen molar-refractivity contribution in [2.24, 2.45) is 17.8 Å². The molecule has 6 heteroatoms. The molecular weight excluding hydrogens is 447 g/mol. The van der Waals surface area contributed by atoms with Crippen LogP contribution in [0.1, 0.15) is 55.6 Å². The average molecular weight is 485 g/mol. The van der Waals surface area contributed by atoms with Crippen molar-refractivity contribution in [1.82, 2.24) is 0 Å². The van der Waals surface area contributed by atoms with Gasteiger partial charge in [0.1, 0.15) is 23.6 Å². The molecule has 5 nitrogen and oxygen atoms in total. The molecule has 0 heterocycles. The monoisotopic (exact) mass is 484 g/mol. The van der Waals surface area contributed by atoms with E-state index in [4.69, 9.17) is 18.9 Å². The summed E-state index contributed by atoms with van der Waals surface area (Å²) in [5, 5.41) is 0. The van der Waals surface area contributed by atoms with E-state index in [-0.39, 0.29) is 17.7 Å². The van der Waals surface area contributed by atoms with Crippen LogP contribution in [0.15, 0.2) is 42.5 Å². The maximum absolute atomic E-state index is 14.7. The van der Waals surface area contributed by atoms with Gasteiger partial charge in [0.2, 0.25) is 0 Å². The van der Waals surface area contributed by atoms with Gasteiger partial charge in [-0.15, -0.1) is 0 Å². The molecule has 2 fully saturated rings. The zero-order chi connectivity index (χ0) is 24.8. The van der Waals surface area contributed by atoms with Crippen molar-refractivity contribution >= 4 is 6.29 Å². The molecule has 0 bridgehead atoms. The van der Waals surface area contributed by atoms with Gasteiger partial charge in [-0.25, -0.2) is 4.39 Å². The lowest BCUT2D eigenvalue weighted by atomic mass is 9.75. The minimum absolute atomic E-state index is 0.139. The van der Waals surface area contributed by atoms with Crippen LogP contribution in [-0.4, -0.2) is 40.8 Å². The van der Waals surface area contributed by atoms with E-state index >= 15 is 0 Å². The normalized spacial score (nSPS) is 23.9. The molecule has 190 valence electrons. The van der Waals surface area contributed by atoms with Gasteiger partial charge in [0, 0.05) is 25.7 Å². The molecule has 4 rings (SSSR count). The second kappa shape index (κ2) is 11.5. The van der Waals surface area contributed by atoms with Crippen LogP contribution < -0.4 is 9.47 Å². The molecule has 0 N–H and O–H groups in total. The Labute approximate surface area is 207 Å². The molecule has 0 saturated heterocycles. The lowest BCUT2D eigenvalue weighted by Crippen LogP contribution is -2.36. The zero-order valence-corrected chi connectivity index (χ0v) is 21.0. The van der Waals surface area contributed by atoms with Crippen LogP contribution in [-0.2, 0) is 19.9 Å². The van der Waals surface area contributed by atoms with E-state index in [0.29, 0.717) is 36.4 Å². The van der Waals surface area contributed by atoms with Gasteiger partial charge >= 0.3 is 0 Å². The quantitative estimate of drug-likeness (QED) is 0.351. The van der Waals surface area contributed by atoms with Crippen LogP contribution in [0.4, 0.5) is 4.39 Å². The SMILES string of the molecule is COCC(C=O)[C@H](c1cccc(OC[C@H]2CC[C@](OC)(c3cc(OC)ccc3F)CC2)c1)C1CC1. The molecule has 2 aliphatic rings. The predicted octanol–water partition coefficient (Wildman–Crippen LogP) is 5.90. The summed E-state index contributed by atoms with van der Waals surface area (Å²) in [5.74, 6) is 2.14.